The number of rotatable bonds is 9. The largest absolute Gasteiger partial charge is 0.512 e. The Morgan fingerprint density at radius 3 is 2.35 bits per heavy atom. The molecule has 1 fully saturated rings. The number of methoxy groups -OCH3 is 1. The van der Waals surface area contributed by atoms with Crippen molar-refractivity contribution in [2.45, 2.75) is 57.8 Å². The van der Waals surface area contributed by atoms with Crippen LogP contribution in [0, 0.1) is 0 Å². The van der Waals surface area contributed by atoms with Crippen LogP contribution in [0.2, 0.25) is 0 Å². The van der Waals surface area contributed by atoms with Crippen LogP contribution < -0.4 is 4.74 Å². The van der Waals surface area contributed by atoms with Gasteiger partial charge in [0.05, 0.1) is 15.9 Å². The molecule has 0 spiro atoms. The van der Waals surface area contributed by atoms with E-state index in [1.54, 1.807) is 7.11 Å². The maximum absolute atomic E-state index is 11.7. The highest BCUT2D eigenvalue weighted by atomic mass is 32.1. The van der Waals surface area contributed by atoms with Crippen molar-refractivity contribution in [2.24, 2.45) is 0 Å². The Morgan fingerprint density at radius 1 is 1.03 bits per heavy atom. The number of thiophene rings is 1. The van der Waals surface area contributed by atoms with E-state index < -0.39 is 6.16 Å². The average molecular weight is 519 g/mol. The molecule has 0 aliphatic heterocycles. The normalized spacial score (nSPS) is 14.5. The molecule has 6 nitrogen and oxygen atoms in total. The Kier molecular flexibility index (Phi) is 7.93. The fourth-order valence-corrected chi connectivity index (χ4v) is 7.01. The quantitative estimate of drug-likeness (QED) is 0.230. The van der Waals surface area contributed by atoms with Crippen molar-refractivity contribution >= 4 is 27.7 Å². The molecule has 7 heteroatoms. The van der Waals surface area contributed by atoms with Gasteiger partial charge in [-0.1, -0.05) is 91.3 Å². The topological polar surface area (TPSA) is 63.9 Å². The summed E-state index contributed by atoms with van der Waals surface area (Å²) in [5.41, 5.74) is 6.80. The van der Waals surface area contributed by atoms with Crippen LogP contribution in [0.15, 0.2) is 60.7 Å². The molecule has 0 atom stereocenters. The second-order valence-corrected chi connectivity index (χ2v) is 10.9. The highest BCUT2D eigenvalue weighted by Crippen LogP contribution is 2.50. The smallest absolute Gasteiger partial charge is 0.449 e. The zero-order valence-corrected chi connectivity index (χ0v) is 22.3. The van der Waals surface area contributed by atoms with Crippen molar-refractivity contribution in [3.8, 4) is 16.3 Å². The number of carboxylic acid groups (broad SMARTS) is 1. The van der Waals surface area contributed by atoms with Gasteiger partial charge in [-0.25, -0.2) is 4.79 Å². The predicted molar refractivity (Wildman–Crippen MR) is 148 cm³/mol. The van der Waals surface area contributed by atoms with E-state index in [1.807, 2.05) is 24.3 Å². The molecule has 1 N–H and O–H groups in total. The lowest BCUT2D eigenvalue weighted by Gasteiger charge is -2.23. The molecule has 37 heavy (non-hydrogen) atoms. The van der Waals surface area contributed by atoms with Gasteiger partial charge in [0.25, 0.3) is 0 Å². The summed E-state index contributed by atoms with van der Waals surface area (Å²) in [5.74, 6) is 0.427. The van der Waals surface area contributed by atoms with Gasteiger partial charge in [-0.3, -0.25) is 4.90 Å². The summed E-state index contributed by atoms with van der Waals surface area (Å²) in [5, 5.41) is 10.0. The molecule has 194 valence electrons. The van der Waals surface area contributed by atoms with E-state index in [-0.39, 0.29) is 0 Å². The fourth-order valence-electron chi connectivity index (χ4n) is 5.73. The van der Waals surface area contributed by atoms with Gasteiger partial charge in [0.1, 0.15) is 6.73 Å². The minimum absolute atomic E-state index is 0.381. The first-order valence-corrected chi connectivity index (χ1v) is 13.7. The van der Waals surface area contributed by atoms with Crippen LogP contribution in [0.5, 0.6) is 5.06 Å². The van der Waals surface area contributed by atoms with Gasteiger partial charge in [0.2, 0.25) is 0 Å². The number of benzene rings is 2. The van der Waals surface area contributed by atoms with Gasteiger partial charge in [-0.05, 0) is 42.5 Å². The SMILES string of the molecule is COCn1c(-c2ccccc2)c(C2CCCCC2)c2sc(OC(=O)O)c(CN(C)Cc3ccccc3)c21. The fraction of sp³-hybridized carbons (Fsp3) is 0.367. The van der Waals surface area contributed by atoms with E-state index in [2.05, 4.69) is 52.9 Å². The molecule has 0 amide bonds. The number of fused-ring (bicyclic) bond motifs is 1. The third-order valence-corrected chi connectivity index (χ3v) is 8.34. The molecular formula is C30H34N2O4S. The molecule has 2 aromatic carbocycles. The first kappa shape index (κ1) is 25.5. The Labute approximate surface area is 222 Å². The summed E-state index contributed by atoms with van der Waals surface area (Å²) < 4.78 is 14.5. The van der Waals surface area contributed by atoms with E-state index in [0.717, 1.165) is 40.7 Å². The Morgan fingerprint density at radius 2 is 1.70 bits per heavy atom. The molecule has 0 bridgehead atoms. The molecule has 5 rings (SSSR count). The average Bonchev–Trinajstić information content (AvgIpc) is 3.39. The summed E-state index contributed by atoms with van der Waals surface area (Å²) in [7, 11) is 3.77. The second kappa shape index (κ2) is 11.5. The zero-order chi connectivity index (χ0) is 25.8. The Bertz CT molecular complexity index is 1340. The molecule has 0 radical (unpaired) electrons. The summed E-state index contributed by atoms with van der Waals surface area (Å²) in [6.45, 7) is 1.69. The van der Waals surface area contributed by atoms with Crippen LogP contribution in [-0.2, 0) is 24.6 Å². The van der Waals surface area contributed by atoms with Crippen LogP contribution in [-0.4, -0.2) is 34.9 Å². The van der Waals surface area contributed by atoms with Crippen LogP contribution in [0.4, 0.5) is 4.79 Å². The van der Waals surface area contributed by atoms with Crippen molar-refractivity contribution in [3.63, 3.8) is 0 Å². The Hall–Kier alpha value is -3.13. The molecule has 1 aliphatic rings. The van der Waals surface area contributed by atoms with Gasteiger partial charge < -0.3 is 19.1 Å². The summed E-state index contributed by atoms with van der Waals surface area (Å²) in [6.07, 6.45) is 4.70. The van der Waals surface area contributed by atoms with Crippen molar-refractivity contribution in [1.82, 2.24) is 9.47 Å². The molecule has 2 heterocycles. The minimum atomic E-state index is -1.28. The van der Waals surface area contributed by atoms with E-state index in [4.69, 9.17) is 9.47 Å². The molecule has 2 aromatic heterocycles. The molecule has 1 aliphatic carbocycles. The predicted octanol–water partition coefficient (Wildman–Crippen LogP) is 7.71. The Balaban J connectivity index is 1.70. The van der Waals surface area contributed by atoms with Crippen molar-refractivity contribution in [1.29, 1.82) is 0 Å². The van der Waals surface area contributed by atoms with Crippen LogP contribution in [0.1, 0.15) is 54.7 Å². The van der Waals surface area contributed by atoms with E-state index in [9.17, 15) is 9.90 Å². The lowest BCUT2D eigenvalue weighted by molar-refractivity contribution is 0.135. The number of nitrogens with zero attached hydrogens (tertiary/aromatic N) is 2. The summed E-state index contributed by atoms with van der Waals surface area (Å²) in [6, 6.07) is 20.8. The van der Waals surface area contributed by atoms with Gasteiger partial charge in [-0.2, -0.15) is 0 Å². The van der Waals surface area contributed by atoms with Crippen molar-refractivity contribution < 1.29 is 19.4 Å². The summed E-state index contributed by atoms with van der Waals surface area (Å²) >= 11 is 1.47. The van der Waals surface area contributed by atoms with Crippen LogP contribution >= 0.6 is 11.3 Å². The molecule has 4 aromatic rings. The van der Waals surface area contributed by atoms with Gasteiger partial charge in [0, 0.05) is 25.8 Å². The number of hydrogen-bond donors (Lipinski definition) is 1. The number of hydrogen-bond acceptors (Lipinski definition) is 5. The lowest BCUT2D eigenvalue weighted by Crippen LogP contribution is -2.18. The van der Waals surface area contributed by atoms with Crippen molar-refractivity contribution in [3.05, 3.63) is 77.4 Å². The zero-order valence-electron chi connectivity index (χ0n) is 21.5. The van der Waals surface area contributed by atoms with Crippen LogP contribution in [0.3, 0.4) is 0 Å². The molecule has 0 unspecified atom stereocenters. The summed E-state index contributed by atoms with van der Waals surface area (Å²) in [4.78, 5) is 13.9. The third kappa shape index (κ3) is 5.44. The molecule has 0 saturated heterocycles. The van der Waals surface area contributed by atoms with E-state index in [0.29, 0.717) is 24.3 Å². The monoisotopic (exact) mass is 518 g/mol. The number of ether oxygens (including phenoxy) is 2. The maximum Gasteiger partial charge on any atom is 0.512 e. The van der Waals surface area contributed by atoms with Gasteiger partial charge >= 0.3 is 6.16 Å². The van der Waals surface area contributed by atoms with E-state index in [1.165, 1.54) is 47.4 Å². The first-order chi connectivity index (χ1) is 18.1. The van der Waals surface area contributed by atoms with Gasteiger partial charge in [-0.15, -0.1) is 0 Å². The lowest BCUT2D eigenvalue weighted by atomic mass is 9.83. The van der Waals surface area contributed by atoms with E-state index >= 15 is 0 Å². The highest BCUT2D eigenvalue weighted by Gasteiger charge is 2.31. The van der Waals surface area contributed by atoms with Crippen LogP contribution in [0.25, 0.3) is 21.5 Å². The molecule has 1 saturated carbocycles. The maximum atomic E-state index is 11.7. The first-order valence-electron chi connectivity index (χ1n) is 12.9. The van der Waals surface area contributed by atoms with Gasteiger partial charge in [0.15, 0.2) is 5.06 Å². The standard InChI is InChI=1S/C30H34N2O4S/c1-31(18-21-12-6-3-7-13-21)19-24-27-28(37-29(24)36-30(33)34)25(22-14-8-4-9-15-22)26(32(27)20-35-2)23-16-10-5-11-17-23/h3,5-7,10-13,16-17,22H,4,8-9,14-15,18-20H2,1-2H3,(H,33,34). The highest BCUT2D eigenvalue weighted by molar-refractivity contribution is 7.21. The third-order valence-electron chi connectivity index (χ3n) is 7.20. The minimum Gasteiger partial charge on any atom is -0.449 e. The second-order valence-electron chi connectivity index (χ2n) is 9.88. The molecular weight excluding hydrogens is 484 g/mol. The van der Waals surface area contributed by atoms with Crippen molar-refractivity contribution in [2.75, 3.05) is 14.2 Å². The number of carbonyl (C=O) groups is 1. The number of aromatic nitrogens is 1.